The van der Waals surface area contributed by atoms with Gasteiger partial charge in [-0.1, -0.05) is 0 Å². The molecule has 3 aliphatic rings. The van der Waals surface area contributed by atoms with E-state index in [0.29, 0.717) is 13.2 Å². The van der Waals surface area contributed by atoms with Gasteiger partial charge < -0.3 is 14.8 Å². The summed E-state index contributed by atoms with van der Waals surface area (Å²) >= 11 is 0. The number of hydrogen-bond acceptors (Lipinski definition) is 3. The largest absolute Gasteiger partial charge is 0.378 e. The van der Waals surface area contributed by atoms with Gasteiger partial charge in [-0.2, -0.15) is 0 Å². The van der Waals surface area contributed by atoms with Gasteiger partial charge in [0.15, 0.2) is 0 Å². The third-order valence-electron chi connectivity index (χ3n) is 4.70. The third kappa shape index (κ3) is 2.20. The molecular weight excluding hydrogens is 218 g/mol. The molecule has 17 heavy (non-hydrogen) atoms. The Labute approximate surface area is 102 Å². The second kappa shape index (κ2) is 4.25. The Morgan fingerprint density at radius 2 is 2.18 bits per heavy atom. The summed E-state index contributed by atoms with van der Waals surface area (Å²) < 4.78 is 10.9. The normalized spacial score (nSPS) is 43.5. The minimum atomic E-state index is -0.281. The first-order valence-electron chi connectivity index (χ1n) is 6.63. The molecule has 1 N–H and O–H groups in total. The van der Waals surface area contributed by atoms with Crippen molar-refractivity contribution in [2.75, 3.05) is 26.9 Å². The molecule has 0 aromatic carbocycles. The van der Waals surface area contributed by atoms with E-state index in [0.717, 1.165) is 37.7 Å². The predicted octanol–water partition coefficient (Wildman–Crippen LogP) is 0.954. The van der Waals surface area contributed by atoms with Crippen molar-refractivity contribution in [3.8, 4) is 0 Å². The molecule has 4 nitrogen and oxygen atoms in total. The molecular formula is C13H21NO3. The number of fused-ring (bicyclic) bond motifs is 1. The van der Waals surface area contributed by atoms with Crippen LogP contribution in [0.25, 0.3) is 0 Å². The molecule has 1 saturated heterocycles. The summed E-state index contributed by atoms with van der Waals surface area (Å²) in [5.74, 6) is 2.20. The monoisotopic (exact) mass is 239 g/mol. The first-order valence-corrected chi connectivity index (χ1v) is 6.63. The fourth-order valence-electron chi connectivity index (χ4n) is 3.28. The Kier molecular flexibility index (Phi) is 2.87. The average molecular weight is 239 g/mol. The van der Waals surface area contributed by atoms with Gasteiger partial charge in [-0.3, -0.25) is 4.79 Å². The Hall–Kier alpha value is -0.610. The minimum absolute atomic E-state index is 0.223. The smallest absolute Gasteiger partial charge is 0.223 e. The van der Waals surface area contributed by atoms with E-state index in [4.69, 9.17) is 9.47 Å². The number of hydrogen-bond donors (Lipinski definition) is 1. The van der Waals surface area contributed by atoms with Crippen molar-refractivity contribution in [3.63, 3.8) is 0 Å². The standard InChI is InChI=1S/C13H21NO3/c1-16-13(2-3-17-8-13)7-14-12(15)11-5-9-4-10(9)6-11/h9-11H,2-8H2,1H3,(H,14,15). The molecule has 3 rings (SSSR count). The molecule has 0 aromatic rings. The van der Waals surface area contributed by atoms with E-state index < -0.39 is 0 Å². The van der Waals surface area contributed by atoms with E-state index in [1.165, 1.54) is 6.42 Å². The summed E-state index contributed by atoms with van der Waals surface area (Å²) in [4.78, 5) is 12.0. The highest BCUT2D eigenvalue weighted by atomic mass is 16.5. The van der Waals surface area contributed by atoms with E-state index in [2.05, 4.69) is 5.32 Å². The van der Waals surface area contributed by atoms with E-state index in [-0.39, 0.29) is 17.4 Å². The molecule has 2 aliphatic carbocycles. The van der Waals surface area contributed by atoms with Gasteiger partial charge >= 0.3 is 0 Å². The topological polar surface area (TPSA) is 47.6 Å². The van der Waals surface area contributed by atoms with Crippen molar-refractivity contribution < 1.29 is 14.3 Å². The lowest BCUT2D eigenvalue weighted by molar-refractivity contribution is -0.126. The molecule has 1 amide bonds. The molecule has 4 heteroatoms. The highest BCUT2D eigenvalue weighted by Crippen LogP contribution is 2.54. The van der Waals surface area contributed by atoms with Gasteiger partial charge in [0, 0.05) is 32.6 Å². The van der Waals surface area contributed by atoms with E-state index >= 15 is 0 Å². The fraction of sp³-hybridized carbons (Fsp3) is 0.923. The van der Waals surface area contributed by atoms with Crippen molar-refractivity contribution in [2.24, 2.45) is 17.8 Å². The van der Waals surface area contributed by atoms with Crippen molar-refractivity contribution >= 4 is 5.91 Å². The van der Waals surface area contributed by atoms with Gasteiger partial charge in [-0.05, 0) is 31.1 Å². The fourth-order valence-corrected chi connectivity index (χ4v) is 3.28. The van der Waals surface area contributed by atoms with Gasteiger partial charge in [0.1, 0.15) is 5.60 Å². The molecule has 1 heterocycles. The molecule has 3 fully saturated rings. The number of carbonyl (C=O) groups excluding carboxylic acids is 1. The van der Waals surface area contributed by atoms with Gasteiger partial charge in [-0.15, -0.1) is 0 Å². The lowest BCUT2D eigenvalue weighted by Crippen LogP contribution is -2.46. The molecule has 0 radical (unpaired) electrons. The number of nitrogens with one attached hydrogen (secondary N) is 1. The molecule has 3 unspecified atom stereocenters. The maximum atomic E-state index is 12.0. The maximum Gasteiger partial charge on any atom is 0.223 e. The molecule has 0 bridgehead atoms. The van der Waals surface area contributed by atoms with Gasteiger partial charge in [-0.25, -0.2) is 0 Å². The van der Waals surface area contributed by atoms with Crippen molar-refractivity contribution in [2.45, 2.75) is 31.3 Å². The Balaban J connectivity index is 1.48. The van der Waals surface area contributed by atoms with Crippen molar-refractivity contribution in [1.82, 2.24) is 5.32 Å². The van der Waals surface area contributed by atoms with E-state index in [1.807, 2.05) is 0 Å². The summed E-state index contributed by atoms with van der Waals surface area (Å²) in [6, 6.07) is 0. The van der Waals surface area contributed by atoms with Crippen LogP contribution in [-0.2, 0) is 14.3 Å². The van der Waals surface area contributed by atoms with Crippen LogP contribution in [0.2, 0.25) is 0 Å². The Morgan fingerprint density at radius 3 is 2.76 bits per heavy atom. The lowest BCUT2D eigenvalue weighted by atomic mass is 10.0. The van der Waals surface area contributed by atoms with Crippen LogP contribution in [0.5, 0.6) is 0 Å². The maximum absolute atomic E-state index is 12.0. The number of carbonyl (C=O) groups is 1. The van der Waals surface area contributed by atoms with Crippen LogP contribution in [0.1, 0.15) is 25.7 Å². The first kappa shape index (κ1) is 11.5. The van der Waals surface area contributed by atoms with E-state index in [9.17, 15) is 4.79 Å². The lowest BCUT2D eigenvalue weighted by Gasteiger charge is -2.26. The van der Waals surface area contributed by atoms with Crippen LogP contribution < -0.4 is 5.32 Å². The van der Waals surface area contributed by atoms with Crippen molar-refractivity contribution in [1.29, 1.82) is 0 Å². The minimum Gasteiger partial charge on any atom is -0.378 e. The Morgan fingerprint density at radius 1 is 1.41 bits per heavy atom. The Bertz CT molecular complexity index is 302. The van der Waals surface area contributed by atoms with Gasteiger partial charge in [0.05, 0.1) is 6.61 Å². The summed E-state index contributed by atoms with van der Waals surface area (Å²) in [5.41, 5.74) is -0.281. The number of methoxy groups -OCH3 is 1. The average Bonchev–Trinajstić information content (AvgIpc) is 2.82. The van der Waals surface area contributed by atoms with Crippen LogP contribution in [0.4, 0.5) is 0 Å². The van der Waals surface area contributed by atoms with Gasteiger partial charge in [0.25, 0.3) is 0 Å². The molecule has 1 aliphatic heterocycles. The second-order valence-electron chi connectivity index (χ2n) is 5.83. The van der Waals surface area contributed by atoms with Crippen molar-refractivity contribution in [3.05, 3.63) is 0 Å². The third-order valence-corrected chi connectivity index (χ3v) is 4.70. The van der Waals surface area contributed by atoms with Crippen LogP contribution in [0.3, 0.4) is 0 Å². The zero-order valence-corrected chi connectivity index (χ0v) is 10.4. The number of amides is 1. The summed E-state index contributed by atoms with van der Waals surface area (Å²) in [6.45, 7) is 1.92. The van der Waals surface area contributed by atoms with Crippen LogP contribution in [0, 0.1) is 17.8 Å². The van der Waals surface area contributed by atoms with E-state index in [1.54, 1.807) is 7.11 Å². The summed E-state index contributed by atoms with van der Waals surface area (Å²) in [5, 5.41) is 3.06. The SMILES string of the molecule is COC1(CNC(=O)C2CC3CC3C2)CCOC1. The molecule has 2 saturated carbocycles. The molecule has 0 aromatic heterocycles. The quantitative estimate of drug-likeness (QED) is 0.794. The highest BCUT2D eigenvalue weighted by Gasteiger charge is 2.48. The zero-order chi connectivity index (χ0) is 11.9. The van der Waals surface area contributed by atoms with Crippen LogP contribution in [0.15, 0.2) is 0 Å². The molecule has 0 spiro atoms. The van der Waals surface area contributed by atoms with Crippen LogP contribution >= 0.6 is 0 Å². The zero-order valence-electron chi connectivity index (χ0n) is 10.4. The van der Waals surface area contributed by atoms with Crippen LogP contribution in [-0.4, -0.2) is 38.4 Å². The summed E-state index contributed by atoms with van der Waals surface area (Å²) in [7, 11) is 1.70. The second-order valence-corrected chi connectivity index (χ2v) is 5.83. The first-order chi connectivity index (χ1) is 8.22. The number of ether oxygens (including phenoxy) is 2. The number of rotatable bonds is 4. The van der Waals surface area contributed by atoms with Gasteiger partial charge in [0.2, 0.25) is 5.91 Å². The molecule has 96 valence electrons. The highest BCUT2D eigenvalue weighted by molar-refractivity contribution is 5.79. The molecule has 3 atom stereocenters. The predicted molar refractivity (Wildman–Crippen MR) is 62.5 cm³/mol. The summed E-state index contributed by atoms with van der Waals surface area (Å²) in [6.07, 6.45) is 4.44.